The maximum atomic E-state index is 12.1. The molecule has 0 aliphatic carbocycles. The number of ether oxygens (including phenoxy) is 1. The van der Waals surface area contributed by atoms with Crippen LogP contribution in [0, 0.1) is 0 Å². The maximum Gasteiger partial charge on any atom is 0.387 e. The average molecular weight is 287 g/mol. The summed E-state index contributed by atoms with van der Waals surface area (Å²) in [5.41, 5.74) is 0.594. The van der Waals surface area contributed by atoms with Gasteiger partial charge in [-0.25, -0.2) is 0 Å². The molecule has 0 heterocycles. The molecule has 6 heteroatoms. The van der Waals surface area contributed by atoms with Gasteiger partial charge in [-0.05, 0) is 30.5 Å². The van der Waals surface area contributed by atoms with Gasteiger partial charge in [-0.15, -0.1) is 0 Å². The smallest absolute Gasteiger partial charge is 0.387 e. The van der Waals surface area contributed by atoms with Crippen LogP contribution >= 0.6 is 0 Å². The fourth-order valence-corrected chi connectivity index (χ4v) is 1.66. The van der Waals surface area contributed by atoms with Crippen molar-refractivity contribution in [1.29, 1.82) is 0 Å². The van der Waals surface area contributed by atoms with Gasteiger partial charge in [0.1, 0.15) is 5.75 Å². The number of carbonyl (C=O) groups excluding carboxylic acids is 1. The molecule has 1 atom stereocenters. The summed E-state index contributed by atoms with van der Waals surface area (Å²) in [6, 6.07) is 6.04. The van der Waals surface area contributed by atoms with E-state index in [1.165, 1.54) is 12.1 Å². The van der Waals surface area contributed by atoms with Gasteiger partial charge in [0.15, 0.2) is 0 Å². The number of aliphatic hydroxyl groups excluding tert-OH is 1. The van der Waals surface area contributed by atoms with Crippen molar-refractivity contribution < 1.29 is 23.4 Å². The Hall–Kier alpha value is -1.69. The number of alkyl halides is 2. The summed E-state index contributed by atoms with van der Waals surface area (Å²) in [6.45, 7) is -0.628. The summed E-state index contributed by atoms with van der Waals surface area (Å²) < 4.78 is 28.4. The van der Waals surface area contributed by atoms with E-state index in [0.29, 0.717) is 24.9 Å². The van der Waals surface area contributed by atoms with Gasteiger partial charge in [-0.3, -0.25) is 4.79 Å². The molecule has 0 spiro atoms. The van der Waals surface area contributed by atoms with Crippen LogP contribution in [0.4, 0.5) is 8.78 Å². The summed E-state index contributed by atoms with van der Waals surface area (Å²) in [6.07, 6.45) is 0.806. The van der Waals surface area contributed by atoms with Crippen molar-refractivity contribution in [1.82, 2.24) is 5.32 Å². The molecule has 0 saturated carbocycles. The fraction of sp³-hybridized carbons (Fsp3) is 0.500. The van der Waals surface area contributed by atoms with Crippen molar-refractivity contribution in [2.75, 3.05) is 6.54 Å². The first kappa shape index (κ1) is 16.4. The van der Waals surface area contributed by atoms with E-state index in [-0.39, 0.29) is 18.1 Å². The molecule has 0 bridgehead atoms. The number of benzene rings is 1. The number of carbonyl (C=O) groups is 1. The molecule has 0 radical (unpaired) electrons. The molecular weight excluding hydrogens is 268 g/mol. The number of aliphatic hydroxyl groups is 1. The van der Waals surface area contributed by atoms with Gasteiger partial charge < -0.3 is 15.2 Å². The average Bonchev–Trinajstić information content (AvgIpc) is 2.38. The minimum Gasteiger partial charge on any atom is -0.435 e. The van der Waals surface area contributed by atoms with Gasteiger partial charge in [0.05, 0.1) is 12.5 Å². The quantitative estimate of drug-likeness (QED) is 0.770. The van der Waals surface area contributed by atoms with Crippen LogP contribution in [0.25, 0.3) is 0 Å². The van der Waals surface area contributed by atoms with Crippen molar-refractivity contribution in [3.63, 3.8) is 0 Å². The second kappa shape index (κ2) is 8.47. The van der Waals surface area contributed by atoms with E-state index in [4.69, 9.17) is 0 Å². The largest absolute Gasteiger partial charge is 0.435 e. The molecule has 0 aromatic heterocycles. The van der Waals surface area contributed by atoms with Crippen LogP contribution in [0.1, 0.15) is 25.3 Å². The third-order valence-corrected chi connectivity index (χ3v) is 2.76. The molecular formula is C14H19F2NO3. The Kier molecular flexibility index (Phi) is 6.93. The minimum atomic E-state index is -2.88. The number of nitrogens with one attached hydrogen (secondary N) is 1. The predicted molar refractivity (Wildman–Crippen MR) is 70.7 cm³/mol. The Morgan fingerprint density at radius 2 is 2.20 bits per heavy atom. The molecule has 0 aliphatic heterocycles. The molecule has 112 valence electrons. The fourth-order valence-electron chi connectivity index (χ4n) is 1.66. The minimum absolute atomic E-state index is 0.0340. The lowest BCUT2D eigenvalue weighted by Gasteiger charge is -2.09. The van der Waals surface area contributed by atoms with Gasteiger partial charge in [0.25, 0.3) is 0 Å². The summed E-state index contributed by atoms with van der Waals surface area (Å²) in [5.74, 6) is -0.186. The van der Waals surface area contributed by atoms with Crippen LogP contribution in [0.5, 0.6) is 5.75 Å². The molecule has 1 amide bonds. The summed E-state index contributed by atoms with van der Waals surface area (Å²) in [7, 11) is 0. The van der Waals surface area contributed by atoms with Gasteiger partial charge in [0, 0.05) is 6.54 Å². The lowest BCUT2D eigenvalue weighted by atomic mass is 10.1. The van der Waals surface area contributed by atoms with Gasteiger partial charge >= 0.3 is 6.61 Å². The van der Waals surface area contributed by atoms with Crippen molar-refractivity contribution in [3.8, 4) is 5.75 Å². The monoisotopic (exact) mass is 287 g/mol. The van der Waals surface area contributed by atoms with Crippen LogP contribution < -0.4 is 10.1 Å². The third-order valence-electron chi connectivity index (χ3n) is 2.76. The van der Waals surface area contributed by atoms with Gasteiger partial charge in [-0.2, -0.15) is 8.78 Å². The summed E-state index contributed by atoms with van der Waals surface area (Å²) in [4.78, 5) is 11.6. The lowest BCUT2D eigenvalue weighted by molar-refractivity contribution is -0.120. The van der Waals surface area contributed by atoms with E-state index in [1.807, 2.05) is 6.92 Å². The number of hydrogen-bond acceptors (Lipinski definition) is 3. The highest BCUT2D eigenvalue weighted by molar-refractivity contribution is 5.78. The highest BCUT2D eigenvalue weighted by Gasteiger charge is 2.08. The lowest BCUT2D eigenvalue weighted by Crippen LogP contribution is -2.28. The predicted octanol–water partition coefficient (Wildman–Crippen LogP) is 2.11. The molecule has 1 unspecified atom stereocenters. The maximum absolute atomic E-state index is 12.1. The van der Waals surface area contributed by atoms with Crippen LogP contribution in [0.15, 0.2) is 24.3 Å². The van der Waals surface area contributed by atoms with Crippen LogP contribution in [-0.4, -0.2) is 30.3 Å². The van der Waals surface area contributed by atoms with Crippen molar-refractivity contribution in [2.24, 2.45) is 0 Å². The molecule has 0 saturated heterocycles. The number of halogens is 2. The SMILES string of the molecule is CCC(O)CCNC(=O)Cc1cccc(OC(F)F)c1. The molecule has 2 N–H and O–H groups in total. The van der Waals surface area contributed by atoms with Crippen molar-refractivity contribution >= 4 is 5.91 Å². The zero-order chi connectivity index (χ0) is 15.0. The molecule has 0 aliphatic rings. The Morgan fingerprint density at radius 3 is 2.85 bits per heavy atom. The molecule has 1 aromatic carbocycles. The number of rotatable bonds is 8. The molecule has 4 nitrogen and oxygen atoms in total. The first-order chi connectivity index (χ1) is 9.51. The van der Waals surface area contributed by atoms with E-state index < -0.39 is 12.7 Å². The number of amides is 1. The third kappa shape index (κ3) is 6.47. The normalized spacial score (nSPS) is 12.2. The molecule has 0 fully saturated rings. The Labute approximate surface area is 116 Å². The van der Waals surface area contributed by atoms with Gasteiger partial charge in [0.2, 0.25) is 5.91 Å². The second-order valence-corrected chi connectivity index (χ2v) is 4.40. The van der Waals surface area contributed by atoms with E-state index in [2.05, 4.69) is 10.1 Å². The Morgan fingerprint density at radius 1 is 1.45 bits per heavy atom. The Balaban J connectivity index is 2.41. The van der Waals surface area contributed by atoms with Crippen LogP contribution in [0.3, 0.4) is 0 Å². The van der Waals surface area contributed by atoms with Crippen molar-refractivity contribution in [2.45, 2.75) is 38.9 Å². The molecule has 20 heavy (non-hydrogen) atoms. The van der Waals surface area contributed by atoms with E-state index >= 15 is 0 Å². The first-order valence-electron chi connectivity index (χ1n) is 6.49. The topological polar surface area (TPSA) is 58.6 Å². The van der Waals surface area contributed by atoms with E-state index in [1.54, 1.807) is 12.1 Å². The highest BCUT2D eigenvalue weighted by atomic mass is 19.3. The molecule has 1 aromatic rings. The molecule has 1 rings (SSSR count). The van der Waals surface area contributed by atoms with Gasteiger partial charge in [-0.1, -0.05) is 19.1 Å². The zero-order valence-electron chi connectivity index (χ0n) is 11.3. The van der Waals surface area contributed by atoms with Crippen LogP contribution in [0.2, 0.25) is 0 Å². The van der Waals surface area contributed by atoms with Crippen LogP contribution in [-0.2, 0) is 11.2 Å². The summed E-state index contributed by atoms with van der Waals surface area (Å²) in [5, 5.41) is 12.0. The number of hydrogen-bond donors (Lipinski definition) is 2. The van der Waals surface area contributed by atoms with E-state index in [9.17, 15) is 18.7 Å². The van der Waals surface area contributed by atoms with Crippen molar-refractivity contribution in [3.05, 3.63) is 29.8 Å². The second-order valence-electron chi connectivity index (χ2n) is 4.40. The first-order valence-corrected chi connectivity index (χ1v) is 6.49. The standard InChI is InChI=1S/C14H19F2NO3/c1-2-11(18)6-7-17-13(19)9-10-4-3-5-12(8-10)20-14(15)16/h3-5,8,11,14,18H,2,6-7,9H2,1H3,(H,17,19). The summed E-state index contributed by atoms with van der Waals surface area (Å²) >= 11 is 0. The zero-order valence-corrected chi connectivity index (χ0v) is 11.3. The highest BCUT2D eigenvalue weighted by Crippen LogP contribution is 2.16. The van der Waals surface area contributed by atoms with E-state index in [0.717, 1.165) is 0 Å². The Bertz CT molecular complexity index is 427.